The molecule has 0 spiro atoms. The van der Waals surface area contributed by atoms with Crippen molar-refractivity contribution in [1.29, 1.82) is 0 Å². The number of nitro groups is 1. The summed E-state index contributed by atoms with van der Waals surface area (Å²) in [5.41, 5.74) is 1.40. The van der Waals surface area contributed by atoms with Crippen molar-refractivity contribution < 1.29 is 14.5 Å². The van der Waals surface area contributed by atoms with Gasteiger partial charge in [0, 0.05) is 11.6 Å². The van der Waals surface area contributed by atoms with E-state index in [0.717, 1.165) is 5.71 Å². The van der Waals surface area contributed by atoms with Crippen LogP contribution in [0.5, 0.6) is 5.75 Å². The summed E-state index contributed by atoms with van der Waals surface area (Å²) < 4.78 is 5.43. The molecule has 82 valence electrons. The first kappa shape index (κ1) is 9.14. The highest BCUT2D eigenvalue weighted by molar-refractivity contribution is 6.06. The molecule has 2 heterocycles. The van der Waals surface area contributed by atoms with E-state index in [4.69, 9.17) is 9.57 Å². The zero-order chi connectivity index (χ0) is 11.1. The highest BCUT2D eigenvalue weighted by Gasteiger charge is 2.35. The Hall–Kier alpha value is -2.11. The quantitative estimate of drug-likeness (QED) is 0.528. The van der Waals surface area contributed by atoms with E-state index in [-0.39, 0.29) is 11.6 Å². The highest BCUT2D eigenvalue weighted by atomic mass is 16.6. The number of oxime groups is 1. The summed E-state index contributed by atoms with van der Waals surface area (Å²) in [6.07, 6.45) is 0. The molecule has 0 saturated carbocycles. The molecule has 0 bridgehead atoms. The molecular weight excluding hydrogens is 212 g/mol. The molecule has 0 aromatic heterocycles. The predicted molar refractivity (Wildman–Crippen MR) is 54.6 cm³/mol. The van der Waals surface area contributed by atoms with Crippen LogP contribution in [0.25, 0.3) is 0 Å². The third kappa shape index (κ3) is 1.16. The minimum atomic E-state index is -0.449. The van der Waals surface area contributed by atoms with Gasteiger partial charge in [0.25, 0.3) is 0 Å². The van der Waals surface area contributed by atoms with Crippen LogP contribution in [-0.4, -0.2) is 23.8 Å². The SMILES string of the molecule is O=[N+]([O-])c1cccc2c1OCC1CON=C21. The van der Waals surface area contributed by atoms with Gasteiger partial charge in [-0.25, -0.2) is 0 Å². The van der Waals surface area contributed by atoms with Crippen molar-refractivity contribution in [3.05, 3.63) is 33.9 Å². The largest absolute Gasteiger partial charge is 0.485 e. The Morgan fingerprint density at radius 2 is 2.31 bits per heavy atom. The van der Waals surface area contributed by atoms with Crippen LogP contribution in [0.3, 0.4) is 0 Å². The van der Waals surface area contributed by atoms with Crippen LogP contribution in [0.2, 0.25) is 0 Å². The normalized spacial score (nSPS) is 21.2. The van der Waals surface area contributed by atoms with Crippen molar-refractivity contribution in [3.63, 3.8) is 0 Å². The number of ether oxygens (including phenoxy) is 1. The van der Waals surface area contributed by atoms with Gasteiger partial charge in [-0.1, -0.05) is 11.2 Å². The molecule has 16 heavy (non-hydrogen) atoms. The first-order valence-electron chi connectivity index (χ1n) is 4.88. The van der Waals surface area contributed by atoms with Gasteiger partial charge in [-0.3, -0.25) is 10.1 Å². The second-order valence-corrected chi connectivity index (χ2v) is 3.69. The molecule has 0 amide bonds. The lowest BCUT2D eigenvalue weighted by Gasteiger charge is -2.20. The van der Waals surface area contributed by atoms with E-state index in [2.05, 4.69) is 5.16 Å². The summed E-state index contributed by atoms with van der Waals surface area (Å²) in [4.78, 5) is 15.4. The number of para-hydroxylation sites is 1. The van der Waals surface area contributed by atoms with Crippen molar-refractivity contribution in [1.82, 2.24) is 0 Å². The average Bonchev–Trinajstić information content (AvgIpc) is 2.76. The molecule has 0 radical (unpaired) electrons. The monoisotopic (exact) mass is 220 g/mol. The van der Waals surface area contributed by atoms with E-state index >= 15 is 0 Å². The number of benzene rings is 1. The maximum Gasteiger partial charge on any atom is 0.311 e. The molecule has 0 fully saturated rings. The molecule has 1 atom stereocenters. The summed E-state index contributed by atoms with van der Waals surface area (Å²) in [6.45, 7) is 0.869. The number of rotatable bonds is 1. The number of nitro benzene ring substituents is 1. The van der Waals surface area contributed by atoms with Crippen molar-refractivity contribution in [2.24, 2.45) is 11.1 Å². The minimum Gasteiger partial charge on any atom is -0.485 e. The van der Waals surface area contributed by atoms with E-state index in [0.29, 0.717) is 24.5 Å². The highest BCUT2D eigenvalue weighted by Crippen LogP contribution is 2.37. The van der Waals surface area contributed by atoms with Crippen LogP contribution < -0.4 is 4.74 Å². The Bertz CT molecular complexity index is 498. The van der Waals surface area contributed by atoms with Gasteiger partial charge in [-0.2, -0.15) is 0 Å². The Kier molecular flexibility index (Phi) is 1.82. The molecule has 3 rings (SSSR count). The predicted octanol–water partition coefficient (Wildman–Crippen LogP) is 1.34. The van der Waals surface area contributed by atoms with Gasteiger partial charge in [-0.05, 0) is 6.07 Å². The van der Waals surface area contributed by atoms with Gasteiger partial charge >= 0.3 is 5.69 Å². The first-order valence-corrected chi connectivity index (χ1v) is 4.88. The molecule has 2 aliphatic rings. The number of fused-ring (bicyclic) bond motifs is 3. The number of nitrogens with zero attached hydrogens (tertiary/aromatic N) is 2. The van der Waals surface area contributed by atoms with E-state index < -0.39 is 4.92 Å². The Morgan fingerprint density at radius 1 is 1.44 bits per heavy atom. The molecule has 1 aromatic rings. The van der Waals surface area contributed by atoms with E-state index in [1.807, 2.05) is 0 Å². The third-order valence-corrected chi connectivity index (χ3v) is 2.72. The van der Waals surface area contributed by atoms with Crippen LogP contribution in [0.15, 0.2) is 23.4 Å². The molecule has 0 N–H and O–H groups in total. The molecular formula is C10H8N2O4. The lowest BCUT2D eigenvalue weighted by molar-refractivity contribution is -0.386. The van der Waals surface area contributed by atoms with Gasteiger partial charge in [0.1, 0.15) is 18.9 Å². The van der Waals surface area contributed by atoms with Crippen molar-refractivity contribution in [2.75, 3.05) is 13.2 Å². The number of hydrogen-bond acceptors (Lipinski definition) is 5. The molecule has 2 aliphatic heterocycles. The lowest BCUT2D eigenvalue weighted by Crippen LogP contribution is -2.28. The molecule has 1 unspecified atom stereocenters. The lowest BCUT2D eigenvalue weighted by atomic mass is 9.95. The second-order valence-electron chi connectivity index (χ2n) is 3.69. The fourth-order valence-corrected chi connectivity index (χ4v) is 1.95. The van der Waals surface area contributed by atoms with Gasteiger partial charge in [0.2, 0.25) is 5.75 Å². The van der Waals surface area contributed by atoms with E-state index in [1.54, 1.807) is 12.1 Å². The summed E-state index contributed by atoms with van der Waals surface area (Å²) in [5, 5.41) is 14.7. The maximum atomic E-state index is 10.8. The van der Waals surface area contributed by atoms with Gasteiger partial charge in [0.15, 0.2) is 0 Å². The summed E-state index contributed by atoms with van der Waals surface area (Å²) >= 11 is 0. The standard InChI is InChI=1S/C10H8N2O4/c13-12(14)8-3-1-2-7-9-6(5-16-11-9)4-15-10(7)8/h1-3,6H,4-5H2. The van der Waals surface area contributed by atoms with Crippen LogP contribution in [0.4, 0.5) is 5.69 Å². The van der Waals surface area contributed by atoms with Crippen LogP contribution >= 0.6 is 0 Å². The maximum absolute atomic E-state index is 10.8. The second kappa shape index (κ2) is 3.19. The van der Waals surface area contributed by atoms with Crippen LogP contribution in [0.1, 0.15) is 5.56 Å². The summed E-state index contributed by atoms with van der Waals surface area (Å²) in [5.74, 6) is 0.391. The third-order valence-electron chi connectivity index (χ3n) is 2.72. The van der Waals surface area contributed by atoms with Gasteiger partial charge in [-0.15, -0.1) is 0 Å². The average molecular weight is 220 g/mol. The van der Waals surface area contributed by atoms with Crippen LogP contribution in [0, 0.1) is 16.0 Å². The number of hydrogen-bond donors (Lipinski definition) is 0. The van der Waals surface area contributed by atoms with Gasteiger partial charge in [0.05, 0.1) is 10.8 Å². The topological polar surface area (TPSA) is 74.0 Å². The van der Waals surface area contributed by atoms with Crippen molar-refractivity contribution in [2.45, 2.75) is 0 Å². The Balaban J connectivity index is 2.18. The summed E-state index contributed by atoms with van der Waals surface area (Å²) in [6, 6.07) is 4.82. The smallest absolute Gasteiger partial charge is 0.311 e. The molecule has 6 heteroatoms. The fraction of sp³-hybridized carbons (Fsp3) is 0.300. The Morgan fingerprint density at radius 3 is 3.12 bits per heavy atom. The zero-order valence-corrected chi connectivity index (χ0v) is 8.25. The molecule has 6 nitrogen and oxygen atoms in total. The van der Waals surface area contributed by atoms with Crippen molar-refractivity contribution in [3.8, 4) is 5.75 Å². The molecule has 0 aliphatic carbocycles. The minimum absolute atomic E-state index is 0.0226. The summed E-state index contributed by atoms with van der Waals surface area (Å²) in [7, 11) is 0. The fourth-order valence-electron chi connectivity index (χ4n) is 1.95. The Labute approximate surface area is 90.6 Å². The zero-order valence-electron chi connectivity index (χ0n) is 8.25. The van der Waals surface area contributed by atoms with E-state index in [1.165, 1.54) is 6.07 Å². The van der Waals surface area contributed by atoms with Gasteiger partial charge < -0.3 is 9.57 Å². The van der Waals surface area contributed by atoms with Crippen LogP contribution in [-0.2, 0) is 4.84 Å². The first-order chi connectivity index (χ1) is 7.77. The van der Waals surface area contributed by atoms with Crippen molar-refractivity contribution >= 4 is 11.4 Å². The van der Waals surface area contributed by atoms with E-state index in [9.17, 15) is 10.1 Å². The molecule has 1 aromatic carbocycles. The molecule has 0 saturated heterocycles.